The van der Waals surface area contributed by atoms with Crippen molar-refractivity contribution in [2.45, 2.75) is 57.2 Å². The zero-order valence-corrected chi connectivity index (χ0v) is 12.1. The minimum atomic E-state index is 0.221. The van der Waals surface area contributed by atoms with Gasteiger partial charge in [0.15, 0.2) is 0 Å². The highest BCUT2D eigenvalue weighted by molar-refractivity contribution is 7.07. The molecule has 1 heterocycles. The van der Waals surface area contributed by atoms with Gasteiger partial charge in [0.1, 0.15) is 0 Å². The van der Waals surface area contributed by atoms with Crippen molar-refractivity contribution < 1.29 is 4.79 Å². The molecule has 0 radical (unpaired) electrons. The lowest BCUT2D eigenvalue weighted by atomic mass is 9.85. The van der Waals surface area contributed by atoms with Crippen LogP contribution in [0.4, 0.5) is 0 Å². The number of nitrogens with zero attached hydrogens (tertiary/aromatic N) is 1. The summed E-state index contributed by atoms with van der Waals surface area (Å²) < 4.78 is 0. The standard InChI is InChI=1S/C15H22N2OS/c16-13-3-1-12(2-4-13)15(18)17(14-5-6-14)9-11-7-8-19-10-11/h7-8,10,12-14H,1-6,9,16H2. The highest BCUT2D eigenvalue weighted by Gasteiger charge is 2.36. The van der Waals surface area contributed by atoms with E-state index in [1.54, 1.807) is 11.3 Å². The molecule has 0 aromatic carbocycles. The molecule has 0 unspecified atom stereocenters. The predicted octanol–water partition coefficient (Wildman–Crippen LogP) is 2.76. The first-order valence-electron chi connectivity index (χ1n) is 7.31. The Morgan fingerprint density at radius 1 is 1.26 bits per heavy atom. The van der Waals surface area contributed by atoms with Crippen LogP contribution in [0.3, 0.4) is 0 Å². The number of amides is 1. The van der Waals surface area contributed by atoms with Crippen LogP contribution in [0, 0.1) is 5.92 Å². The fraction of sp³-hybridized carbons (Fsp3) is 0.667. The highest BCUT2D eigenvalue weighted by Crippen LogP contribution is 2.33. The summed E-state index contributed by atoms with van der Waals surface area (Å²) in [6, 6.07) is 2.95. The number of carbonyl (C=O) groups excluding carboxylic acids is 1. The third-order valence-electron chi connectivity index (χ3n) is 4.32. The molecular formula is C15H22N2OS. The number of hydrogen-bond acceptors (Lipinski definition) is 3. The molecule has 3 nitrogen and oxygen atoms in total. The van der Waals surface area contributed by atoms with Gasteiger partial charge >= 0.3 is 0 Å². The number of rotatable bonds is 4. The molecule has 0 spiro atoms. The van der Waals surface area contributed by atoms with Crippen molar-refractivity contribution in [2.24, 2.45) is 11.7 Å². The van der Waals surface area contributed by atoms with Crippen LogP contribution >= 0.6 is 11.3 Å². The predicted molar refractivity (Wildman–Crippen MR) is 77.8 cm³/mol. The second-order valence-electron chi connectivity index (χ2n) is 5.94. The van der Waals surface area contributed by atoms with Gasteiger partial charge < -0.3 is 10.6 Å². The Morgan fingerprint density at radius 2 is 2.00 bits per heavy atom. The first-order chi connectivity index (χ1) is 9.24. The lowest BCUT2D eigenvalue weighted by molar-refractivity contribution is -0.137. The highest BCUT2D eigenvalue weighted by atomic mass is 32.1. The van der Waals surface area contributed by atoms with Gasteiger partial charge in [0.2, 0.25) is 5.91 Å². The molecule has 1 aromatic heterocycles. The van der Waals surface area contributed by atoms with E-state index in [4.69, 9.17) is 5.73 Å². The third-order valence-corrected chi connectivity index (χ3v) is 5.06. The first kappa shape index (κ1) is 13.1. The van der Waals surface area contributed by atoms with E-state index in [-0.39, 0.29) is 5.92 Å². The fourth-order valence-electron chi connectivity index (χ4n) is 2.95. The van der Waals surface area contributed by atoms with Gasteiger partial charge in [-0.25, -0.2) is 0 Å². The van der Waals surface area contributed by atoms with E-state index in [9.17, 15) is 4.79 Å². The van der Waals surface area contributed by atoms with Gasteiger partial charge in [-0.2, -0.15) is 11.3 Å². The van der Waals surface area contributed by atoms with E-state index in [1.165, 1.54) is 18.4 Å². The second kappa shape index (κ2) is 5.63. The first-order valence-corrected chi connectivity index (χ1v) is 8.25. The molecule has 2 saturated carbocycles. The van der Waals surface area contributed by atoms with Crippen molar-refractivity contribution in [1.82, 2.24) is 4.90 Å². The second-order valence-corrected chi connectivity index (χ2v) is 6.72. The Hall–Kier alpha value is -0.870. The van der Waals surface area contributed by atoms with Crippen LogP contribution in [-0.2, 0) is 11.3 Å². The molecule has 104 valence electrons. The Bertz CT molecular complexity index is 419. The summed E-state index contributed by atoms with van der Waals surface area (Å²) in [5.41, 5.74) is 7.21. The lowest BCUT2D eigenvalue weighted by Crippen LogP contribution is -2.40. The summed E-state index contributed by atoms with van der Waals surface area (Å²) in [6.07, 6.45) is 6.34. The summed E-state index contributed by atoms with van der Waals surface area (Å²) in [5.74, 6) is 0.597. The van der Waals surface area contributed by atoms with Gasteiger partial charge in [-0.15, -0.1) is 0 Å². The molecule has 0 bridgehead atoms. The van der Waals surface area contributed by atoms with Crippen LogP contribution < -0.4 is 5.73 Å². The maximum atomic E-state index is 12.7. The van der Waals surface area contributed by atoms with E-state index >= 15 is 0 Å². The van der Waals surface area contributed by atoms with Crippen molar-refractivity contribution in [1.29, 1.82) is 0 Å². The van der Waals surface area contributed by atoms with Crippen LogP contribution in [-0.4, -0.2) is 22.9 Å². The molecule has 2 N–H and O–H groups in total. The quantitative estimate of drug-likeness (QED) is 0.920. The minimum Gasteiger partial charge on any atom is -0.335 e. The number of carbonyl (C=O) groups is 1. The third kappa shape index (κ3) is 3.18. The fourth-order valence-corrected chi connectivity index (χ4v) is 3.61. The Balaban J connectivity index is 1.64. The Labute approximate surface area is 118 Å². The van der Waals surface area contributed by atoms with Crippen LogP contribution in [0.15, 0.2) is 16.8 Å². The van der Waals surface area contributed by atoms with Crippen molar-refractivity contribution in [3.8, 4) is 0 Å². The molecule has 0 atom stereocenters. The van der Waals surface area contributed by atoms with Crippen molar-refractivity contribution in [2.75, 3.05) is 0 Å². The molecule has 2 aliphatic carbocycles. The molecular weight excluding hydrogens is 256 g/mol. The average molecular weight is 278 g/mol. The summed E-state index contributed by atoms with van der Waals surface area (Å²) in [5, 5.41) is 4.24. The maximum absolute atomic E-state index is 12.7. The van der Waals surface area contributed by atoms with Crippen molar-refractivity contribution in [3.05, 3.63) is 22.4 Å². The van der Waals surface area contributed by atoms with Gasteiger partial charge in [0, 0.05) is 24.5 Å². The van der Waals surface area contributed by atoms with Crippen molar-refractivity contribution >= 4 is 17.2 Å². The average Bonchev–Trinajstić information content (AvgIpc) is 3.13. The van der Waals surface area contributed by atoms with Gasteiger partial charge in [0.25, 0.3) is 0 Å². The SMILES string of the molecule is NC1CCC(C(=O)N(Cc2ccsc2)C2CC2)CC1. The summed E-state index contributed by atoms with van der Waals surface area (Å²) in [7, 11) is 0. The zero-order chi connectivity index (χ0) is 13.2. The van der Waals surface area contributed by atoms with Crippen LogP contribution in [0.1, 0.15) is 44.1 Å². The molecule has 0 aliphatic heterocycles. The molecule has 3 rings (SSSR count). The minimum absolute atomic E-state index is 0.221. The maximum Gasteiger partial charge on any atom is 0.226 e. The smallest absolute Gasteiger partial charge is 0.226 e. The van der Waals surface area contributed by atoms with E-state index in [1.807, 2.05) is 0 Å². The van der Waals surface area contributed by atoms with Gasteiger partial charge in [-0.1, -0.05) is 0 Å². The van der Waals surface area contributed by atoms with Crippen LogP contribution in [0.5, 0.6) is 0 Å². The monoisotopic (exact) mass is 278 g/mol. The molecule has 4 heteroatoms. The normalized spacial score (nSPS) is 27.2. The van der Waals surface area contributed by atoms with Gasteiger partial charge in [0.05, 0.1) is 0 Å². The molecule has 2 fully saturated rings. The lowest BCUT2D eigenvalue weighted by Gasteiger charge is -2.31. The largest absolute Gasteiger partial charge is 0.335 e. The molecule has 1 amide bonds. The zero-order valence-electron chi connectivity index (χ0n) is 11.3. The van der Waals surface area contributed by atoms with Crippen molar-refractivity contribution in [3.63, 3.8) is 0 Å². The van der Waals surface area contributed by atoms with Crippen LogP contribution in [0.2, 0.25) is 0 Å². The topological polar surface area (TPSA) is 46.3 Å². The van der Waals surface area contributed by atoms with Gasteiger partial charge in [-0.3, -0.25) is 4.79 Å². The van der Waals surface area contributed by atoms with E-state index in [2.05, 4.69) is 21.7 Å². The van der Waals surface area contributed by atoms with E-state index < -0.39 is 0 Å². The molecule has 1 aromatic rings. The van der Waals surface area contributed by atoms with E-state index in [0.717, 1.165) is 32.2 Å². The summed E-state index contributed by atoms with van der Waals surface area (Å²) in [4.78, 5) is 14.8. The Morgan fingerprint density at radius 3 is 2.58 bits per heavy atom. The molecule has 2 aliphatic rings. The number of hydrogen-bond donors (Lipinski definition) is 1. The summed E-state index contributed by atoms with van der Waals surface area (Å²) in [6.45, 7) is 0.801. The summed E-state index contributed by atoms with van der Waals surface area (Å²) >= 11 is 1.71. The Kier molecular flexibility index (Phi) is 3.89. The van der Waals surface area contributed by atoms with Crippen LogP contribution in [0.25, 0.3) is 0 Å². The molecule has 0 saturated heterocycles. The number of thiophene rings is 1. The molecule has 19 heavy (non-hydrogen) atoms. The number of nitrogens with two attached hydrogens (primary N) is 1. The van der Waals surface area contributed by atoms with Gasteiger partial charge in [-0.05, 0) is 60.9 Å². The van der Waals surface area contributed by atoms with E-state index in [0.29, 0.717) is 18.0 Å².